The Balaban J connectivity index is 1.62. The van der Waals surface area contributed by atoms with Crippen LogP contribution in [0.4, 0.5) is 5.69 Å². The first kappa shape index (κ1) is 27.8. The van der Waals surface area contributed by atoms with Gasteiger partial charge in [-0.2, -0.15) is 0 Å². The van der Waals surface area contributed by atoms with Crippen molar-refractivity contribution in [1.82, 2.24) is 9.62 Å². The number of nitrogens with zero attached hydrogens (tertiary/aromatic N) is 1. The van der Waals surface area contributed by atoms with Gasteiger partial charge in [-0.25, -0.2) is 13.1 Å². The zero-order valence-corrected chi connectivity index (χ0v) is 23.1. The number of piperidine rings is 1. The maximum atomic E-state index is 13.7. The minimum absolute atomic E-state index is 0.0554. The van der Waals surface area contributed by atoms with Crippen molar-refractivity contribution in [2.24, 2.45) is 17.6 Å². The van der Waals surface area contributed by atoms with Gasteiger partial charge in [-0.3, -0.25) is 9.59 Å². The van der Waals surface area contributed by atoms with Crippen molar-refractivity contribution >= 4 is 38.3 Å². The van der Waals surface area contributed by atoms with E-state index in [2.05, 4.69) is 10.0 Å². The highest BCUT2D eigenvalue weighted by atomic mass is 32.2. The topological polar surface area (TPSA) is 122 Å². The fourth-order valence-electron chi connectivity index (χ4n) is 5.19. The van der Waals surface area contributed by atoms with E-state index in [-0.39, 0.29) is 34.6 Å². The lowest BCUT2D eigenvalue weighted by atomic mass is 9.84. The van der Waals surface area contributed by atoms with E-state index in [1.807, 2.05) is 45.0 Å². The summed E-state index contributed by atoms with van der Waals surface area (Å²) in [4.78, 5) is 27.3. The molecule has 0 aromatic heterocycles. The summed E-state index contributed by atoms with van der Waals surface area (Å²) in [7, 11) is -3.90. The van der Waals surface area contributed by atoms with Crippen molar-refractivity contribution in [3.63, 3.8) is 0 Å². The molecule has 3 atom stereocenters. The predicted octanol–water partition coefficient (Wildman–Crippen LogP) is 3.90. The van der Waals surface area contributed by atoms with Gasteiger partial charge in [-0.05, 0) is 55.9 Å². The standard InChI is InChI=1S/C29H36N4O4S/c1-18(2)24-17-33(29(35)20(4)30)16-15-26(24)32-38(36,37)27-14-13-25(22-11-7-8-12-23(22)27)31-28(34)21-10-6-5-9-19(21)3/h5-14,18,20,24,26,32H,15-17,30H2,1-4H3,(H,31,34)/t20-,24-,26-/m0/s1. The molecule has 4 rings (SSSR count). The summed E-state index contributed by atoms with van der Waals surface area (Å²) >= 11 is 0. The van der Waals surface area contributed by atoms with E-state index in [1.54, 1.807) is 42.2 Å². The normalized spacial score (nSPS) is 18.9. The average molecular weight is 537 g/mol. The number of likely N-dealkylation sites (tertiary alicyclic amines) is 1. The van der Waals surface area contributed by atoms with Gasteiger partial charge in [0.15, 0.2) is 0 Å². The van der Waals surface area contributed by atoms with Crippen LogP contribution in [-0.4, -0.2) is 50.3 Å². The van der Waals surface area contributed by atoms with Gasteiger partial charge in [0.05, 0.1) is 10.9 Å². The van der Waals surface area contributed by atoms with E-state index in [9.17, 15) is 18.0 Å². The maximum absolute atomic E-state index is 13.7. The highest BCUT2D eigenvalue weighted by Crippen LogP contribution is 2.32. The summed E-state index contributed by atoms with van der Waals surface area (Å²) in [5.41, 5.74) is 7.76. The molecule has 1 fully saturated rings. The molecule has 0 aliphatic carbocycles. The number of sulfonamides is 1. The van der Waals surface area contributed by atoms with Gasteiger partial charge in [0.2, 0.25) is 15.9 Å². The molecule has 1 aliphatic heterocycles. The molecule has 1 aliphatic rings. The molecule has 38 heavy (non-hydrogen) atoms. The predicted molar refractivity (Wildman–Crippen MR) is 150 cm³/mol. The molecule has 4 N–H and O–H groups in total. The Morgan fingerprint density at radius 1 is 0.974 bits per heavy atom. The van der Waals surface area contributed by atoms with Crippen LogP contribution in [0.1, 0.15) is 43.1 Å². The van der Waals surface area contributed by atoms with E-state index in [1.165, 1.54) is 6.07 Å². The third-order valence-corrected chi connectivity index (χ3v) is 8.88. The van der Waals surface area contributed by atoms with Crippen LogP contribution in [0.5, 0.6) is 0 Å². The molecule has 3 aromatic carbocycles. The summed E-state index contributed by atoms with van der Waals surface area (Å²) in [5, 5.41) is 4.10. The molecular weight excluding hydrogens is 500 g/mol. The van der Waals surface area contributed by atoms with Crippen LogP contribution in [0, 0.1) is 18.8 Å². The molecule has 0 unspecified atom stereocenters. The van der Waals surface area contributed by atoms with Gasteiger partial charge in [0.25, 0.3) is 5.91 Å². The minimum Gasteiger partial charge on any atom is -0.341 e. The molecule has 202 valence electrons. The van der Waals surface area contributed by atoms with Gasteiger partial charge in [-0.15, -0.1) is 0 Å². The number of aryl methyl sites for hydroxylation is 1. The third kappa shape index (κ3) is 5.75. The first-order chi connectivity index (χ1) is 18.0. The van der Waals surface area contributed by atoms with Gasteiger partial charge >= 0.3 is 0 Å². The molecule has 9 heteroatoms. The van der Waals surface area contributed by atoms with Gasteiger partial charge in [0, 0.05) is 41.2 Å². The quantitative estimate of drug-likeness (QED) is 0.423. The molecule has 1 saturated heterocycles. The first-order valence-electron chi connectivity index (χ1n) is 12.9. The molecular formula is C29H36N4O4S. The lowest BCUT2D eigenvalue weighted by Crippen LogP contribution is -2.56. The van der Waals surface area contributed by atoms with Gasteiger partial charge in [-0.1, -0.05) is 56.3 Å². The Kier molecular flexibility index (Phi) is 8.20. The first-order valence-corrected chi connectivity index (χ1v) is 14.4. The Morgan fingerprint density at radius 3 is 2.29 bits per heavy atom. The van der Waals surface area contributed by atoms with Gasteiger partial charge in [0.1, 0.15) is 0 Å². The molecule has 0 bridgehead atoms. The number of nitrogens with two attached hydrogens (primary N) is 1. The highest BCUT2D eigenvalue weighted by molar-refractivity contribution is 7.89. The van der Waals surface area contributed by atoms with Crippen molar-refractivity contribution in [2.45, 2.75) is 51.1 Å². The Hall–Kier alpha value is -3.27. The second-order valence-electron chi connectivity index (χ2n) is 10.4. The fraction of sp³-hybridized carbons (Fsp3) is 0.379. The lowest BCUT2D eigenvalue weighted by Gasteiger charge is -2.41. The number of rotatable bonds is 7. The van der Waals surface area contributed by atoms with E-state index in [0.717, 1.165) is 5.56 Å². The Labute approximate surface area is 224 Å². The molecule has 3 aromatic rings. The fourth-order valence-corrected chi connectivity index (χ4v) is 6.72. The molecule has 1 heterocycles. The summed E-state index contributed by atoms with van der Waals surface area (Å²) in [6, 6.07) is 16.7. The number of anilines is 1. The van der Waals surface area contributed by atoms with Crippen LogP contribution in [0.2, 0.25) is 0 Å². The number of carbonyl (C=O) groups is 2. The number of carbonyl (C=O) groups excluding carboxylic acids is 2. The minimum atomic E-state index is -3.90. The third-order valence-electron chi connectivity index (χ3n) is 7.33. The second-order valence-corrected chi connectivity index (χ2v) is 12.1. The van der Waals surface area contributed by atoms with Crippen LogP contribution in [0.15, 0.2) is 65.6 Å². The number of hydrogen-bond donors (Lipinski definition) is 3. The van der Waals surface area contributed by atoms with Crippen molar-refractivity contribution in [1.29, 1.82) is 0 Å². The largest absolute Gasteiger partial charge is 0.341 e. The zero-order chi connectivity index (χ0) is 27.6. The van der Waals surface area contributed by atoms with Crippen LogP contribution >= 0.6 is 0 Å². The molecule has 8 nitrogen and oxygen atoms in total. The van der Waals surface area contributed by atoms with Crippen molar-refractivity contribution < 1.29 is 18.0 Å². The number of fused-ring (bicyclic) bond motifs is 1. The number of amides is 2. The monoisotopic (exact) mass is 536 g/mol. The highest BCUT2D eigenvalue weighted by Gasteiger charge is 2.36. The molecule has 0 saturated carbocycles. The smallest absolute Gasteiger partial charge is 0.255 e. The Morgan fingerprint density at radius 2 is 1.63 bits per heavy atom. The van der Waals surface area contributed by atoms with E-state index in [4.69, 9.17) is 5.73 Å². The van der Waals surface area contributed by atoms with E-state index in [0.29, 0.717) is 41.5 Å². The number of benzene rings is 3. The zero-order valence-electron chi connectivity index (χ0n) is 22.3. The number of hydrogen-bond acceptors (Lipinski definition) is 5. The summed E-state index contributed by atoms with van der Waals surface area (Å²) in [6.45, 7) is 8.51. The Bertz CT molecular complexity index is 1450. The van der Waals surface area contributed by atoms with Crippen molar-refractivity contribution in [3.05, 3.63) is 71.8 Å². The average Bonchev–Trinajstić information content (AvgIpc) is 2.88. The van der Waals surface area contributed by atoms with E-state index < -0.39 is 16.1 Å². The maximum Gasteiger partial charge on any atom is 0.255 e. The molecule has 0 spiro atoms. The van der Waals surface area contributed by atoms with Crippen LogP contribution in [0.3, 0.4) is 0 Å². The summed E-state index contributed by atoms with van der Waals surface area (Å²) in [5.74, 6) is -0.275. The summed E-state index contributed by atoms with van der Waals surface area (Å²) in [6.07, 6.45) is 0.503. The van der Waals surface area contributed by atoms with E-state index >= 15 is 0 Å². The van der Waals surface area contributed by atoms with Crippen molar-refractivity contribution in [3.8, 4) is 0 Å². The molecule has 0 radical (unpaired) electrons. The number of nitrogens with one attached hydrogen (secondary N) is 2. The molecule has 2 amide bonds. The SMILES string of the molecule is Cc1ccccc1C(=O)Nc1ccc(S(=O)(=O)N[C@H]2CCN(C(=O)[C@H](C)N)C[C@H]2C(C)C)c2ccccc12. The second kappa shape index (κ2) is 11.2. The lowest BCUT2D eigenvalue weighted by molar-refractivity contribution is -0.134. The summed E-state index contributed by atoms with van der Waals surface area (Å²) < 4.78 is 30.3. The van der Waals surface area contributed by atoms with Gasteiger partial charge < -0.3 is 16.0 Å². The van der Waals surface area contributed by atoms with Crippen LogP contribution in [0.25, 0.3) is 10.8 Å². The van der Waals surface area contributed by atoms with Crippen LogP contribution in [-0.2, 0) is 14.8 Å². The van der Waals surface area contributed by atoms with Crippen LogP contribution < -0.4 is 15.8 Å². The van der Waals surface area contributed by atoms with Crippen molar-refractivity contribution in [2.75, 3.05) is 18.4 Å².